The van der Waals surface area contributed by atoms with Crippen molar-refractivity contribution in [1.29, 1.82) is 0 Å². The van der Waals surface area contributed by atoms with Crippen LogP contribution in [-0.2, 0) is 10.0 Å². The summed E-state index contributed by atoms with van der Waals surface area (Å²) >= 11 is 0. The smallest absolute Gasteiger partial charge is 0.337 e. The predicted molar refractivity (Wildman–Crippen MR) is 63.7 cm³/mol. The van der Waals surface area contributed by atoms with Crippen LogP contribution >= 0.6 is 0 Å². The predicted octanol–water partition coefficient (Wildman–Crippen LogP) is 1.31. The lowest BCUT2D eigenvalue weighted by Crippen LogP contribution is -2.27. The number of sulfonamides is 1. The van der Waals surface area contributed by atoms with Crippen LogP contribution in [0.25, 0.3) is 0 Å². The van der Waals surface area contributed by atoms with Gasteiger partial charge < -0.3 is 5.11 Å². The summed E-state index contributed by atoms with van der Waals surface area (Å²) in [6.45, 7) is 1.92. The topological polar surface area (TPSA) is 74.7 Å². The fourth-order valence-corrected chi connectivity index (χ4v) is 3.98. The van der Waals surface area contributed by atoms with Gasteiger partial charge in [-0.3, -0.25) is 4.31 Å². The SMILES string of the molecule is CC1CN(c2cc(F)ccc2C(=O)O)S(=O)(=O)C1. The lowest BCUT2D eigenvalue weighted by atomic mass is 10.1. The Hall–Kier alpha value is -1.63. The van der Waals surface area contributed by atoms with Crippen molar-refractivity contribution in [1.82, 2.24) is 0 Å². The minimum atomic E-state index is -3.56. The summed E-state index contributed by atoms with van der Waals surface area (Å²) in [5.74, 6) is -2.10. The summed E-state index contributed by atoms with van der Waals surface area (Å²) in [7, 11) is -3.56. The van der Waals surface area contributed by atoms with E-state index >= 15 is 0 Å². The molecule has 0 amide bonds. The third-order valence-electron chi connectivity index (χ3n) is 2.77. The highest BCUT2D eigenvalue weighted by Crippen LogP contribution is 2.30. The van der Waals surface area contributed by atoms with Gasteiger partial charge in [-0.25, -0.2) is 17.6 Å². The highest BCUT2D eigenvalue weighted by molar-refractivity contribution is 7.93. The van der Waals surface area contributed by atoms with E-state index in [9.17, 15) is 17.6 Å². The molecular weight excluding hydrogens is 261 g/mol. The van der Waals surface area contributed by atoms with Crippen molar-refractivity contribution >= 4 is 21.7 Å². The van der Waals surface area contributed by atoms with Crippen LogP contribution in [-0.4, -0.2) is 31.8 Å². The molecule has 0 saturated carbocycles. The van der Waals surface area contributed by atoms with Crippen molar-refractivity contribution in [3.63, 3.8) is 0 Å². The van der Waals surface area contributed by atoms with Gasteiger partial charge in [0.2, 0.25) is 10.0 Å². The molecule has 1 aliphatic rings. The van der Waals surface area contributed by atoms with Crippen molar-refractivity contribution in [2.45, 2.75) is 6.92 Å². The average molecular weight is 273 g/mol. The Morgan fingerprint density at radius 1 is 1.50 bits per heavy atom. The molecule has 98 valence electrons. The minimum absolute atomic E-state index is 0.0530. The van der Waals surface area contributed by atoms with Gasteiger partial charge in [-0.15, -0.1) is 0 Å². The van der Waals surface area contributed by atoms with E-state index in [1.165, 1.54) is 0 Å². The van der Waals surface area contributed by atoms with Gasteiger partial charge in [0, 0.05) is 6.54 Å². The molecule has 0 bridgehead atoms. The second kappa shape index (κ2) is 4.24. The number of hydrogen-bond acceptors (Lipinski definition) is 3. The molecule has 1 atom stereocenters. The molecule has 0 aromatic heterocycles. The second-order valence-electron chi connectivity index (χ2n) is 4.38. The number of benzene rings is 1. The number of anilines is 1. The average Bonchev–Trinajstić information content (AvgIpc) is 2.51. The number of carboxylic acid groups (broad SMARTS) is 1. The zero-order chi connectivity index (χ0) is 13.5. The molecule has 1 unspecified atom stereocenters. The van der Waals surface area contributed by atoms with Crippen molar-refractivity contribution in [3.8, 4) is 0 Å². The van der Waals surface area contributed by atoms with E-state index in [-0.39, 0.29) is 29.5 Å². The highest BCUT2D eigenvalue weighted by atomic mass is 32.2. The first-order chi connectivity index (χ1) is 8.31. The summed E-state index contributed by atoms with van der Waals surface area (Å²) in [6, 6.07) is 3.02. The van der Waals surface area contributed by atoms with Crippen LogP contribution in [0.5, 0.6) is 0 Å². The van der Waals surface area contributed by atoms with E-state index in [1.54, 1.807) is 6.92 Å². The first kappa shape index (κ1) is 12.8. The first-order valence-electron chi connectivity index (χ1n) is 5.34. The molecule has 1 aliphatic heterocycles. The van der Waals surface area contributed by atoms with Crippen LogP contribution in [0.4, 0.5) is 10.1 Å². The Balaban J connectivity index is 2.57. The standard InChI is InChI=1S/C11H12FNO4S/c1-7-5-13(18(16,17)6-7)10-4-8(12)2-3-9(10)11(14)15/h2-4,7H,5-6H2,1H3,(H,14,15). The maximum absolute atomic E-state index is 13.2. The second-order valence-corrected chi connectivity index (χ2v) is 6.32. The van der Waals surface area contributed by atoms with Crippen LogP contribution in [0.3, 0.4) is 0 Å². The third kappa shape index (κ3) is 2.17. The molecule has 18 heavy (non-hydrogen) atoms. The molecule has 7 heteroatoms. The molecule has 0 spiro atoms. The van der Waals surface area contributed by atoms with Gasteiger partial charge in [-0.2, -0.15) is 0 Å². The zero-order valence-corrected chi connectivity index (χ0v) is 10.4. The van der Waals surface area contributed by atoms with Gasteiger partial charge in [0.25, 0.3) is 0 Å². The number of carbonyl (C=O) groups is 1. The molecule has 0 radical (unpaired) electrons. The lowest BCUT2D eigenvalue weighted by molar-refractivity contribution is 0.0697. The van der Waals surface area contributed by atoms with Crippen LogP contribution < -0.4 is 4.31 Å². The quantitative estimate of drug-likeness (QED) is 0.881. The van der Waals surface area contributed by atoms with Gasteiger partial charge in [0.05, 0.1) is 17.0 Å². The number of halogens is 1. The van der Waals surface area contributed by atoms with Crippen molar-refractivity contribution in [3.05, 3.63) is 29.6 Å². The summed E-state index contributed by atoms with van der Waals surface area (Å²) in [5.41, 5.74) is -0.319. The lowest BCUT2D eigenvalue weighted by Gasteiger charge is -2.19. The van der Waals surface area contributed by atoms with Crippen LogP contribution in [0, 0.1) is 11.7 Å². The molecule has 2 rings (SSSR count). The van der Waals surface area contributed by atoms with Crippen LogP contribution in [0.15, 0.2) is 18.2 Å². The molecule has 1 N–H and O–H groups in total. The van der Waals surface area contributed by atoms with E-state index in [1.807, 2.05) is 0 Å². The van der Waals surface area contributed by atoms with Gasteiger partial charge in [-0.05, 0) is 24.1 Å². The Morgan fingerprint density at radius 3 is 2.67 bits per heavy atom. The molecule has 1 aromatic rings. The van der Waals surface area contributed by atoms with E-state index in [4.69, 9.17) is 5.11 Å². The number of nitrogens with zero attached hydrogens (tertiary/aromatic N) is 1. The summed E-state index contributed by atoms with van der Waals surface area (Å²) in [4.78, 5) is 11.0. The van der Waals surface area contributed by atoms with E-state index in [0.717, 1.165) is 22.5 Å². The molecule has 1 saturated heterocycles. The Labute approximate surface area is 104 Å². The van der Waals surface area contributed by atoms with Crippen LogP contribution in [0.1, 0.15) is 17.3 Å². The van der Waals surface area contributed by atoms with Crippen molar-refractivity contribution in [2.24, 2.45) is 5.92 Å². The Morgan fingerprint density at radius 2 is 2.17 bits per heavy atom. The fraction of sp³-hybridized carbons (Fsp3) is 0.364. The van der Waals surface area contributed by atoms with E-state index in [0.29, 0.717) is 0 Å². The molecule has 5 nitrogen and oxygen atoms in total. The minimum Gasteiger partial charge on any atom is -0.478 e. The Bertz CT molecular complexity index is 599. The molecule has 0 aliphatic carbocycles. The molecule has 1 aromatic carbocycles. The number of hydrogen-bond donors (Lipinski definition) is 1. The van der Waals surface area contributed by atoms with Crippen molar-refractivity contribution < 1.29 is 22.7 Å². The molecule has 1 fully saturated rings. The van der Waals surface area contributed by atoms with Crippen molar-refractivity contribution in [2.75, 3.05) is 16.6 Å². The van der Waals surface area contributed by atoms with E-state index in [2.05, 4.69) is 0 Å². The van der Waals surface area contributed by atoms with E-state index < -0.39 is 21.8 Å². The van der Waals surface area contributed by atoms with Gasteiger partial charge in [-0.1, -0.05) is 6.92 Å². The molecule has 1 heterocycles. The number of carboxylic acids is 1. The fourth-order valence-electron chi connectivity index (χ4n) is 2.04. The largest absolute Gasteiger partial charge is 0.478 e. The number of aromatic carboxylic acids is 1. The third-order valence-corrected chi connectivity index (χ3v) is 4.77. The van der Waals surface area contributed by atoms with Gasteiger partial charge in [0.1, 0.15) is 5.82 Å². The summed E-state index contributed by atoms with van der Waals surface area (Å²) in [6.07, 6.45) is 0. The van der Waals surface area contributed by atoms with Gasteiger partial charge >= 0.3 is 5.97 Å². The normalized spacial score (nSPS) is 22.1. The van der Waals surface area contributed by atoms with Gasteiger partial charge in [0.15, 0.2) is 0 Å². The molecular formula is C11H12FNO4S. The monoisotopic (exact) mass is 273 g/mol. The summed E-state index contributed by atoms with van der Waals surface area (Å²) in [5, 5.41) is 9.01. The Kier molecular flexibility index (Phi) is 3.02. The highest BCUT2D eigenvalue weighted by Gasteiger charge is 2.35. The number of rotatable bonds is 2. The van der Waals surface area contributed by atoms with Crippen LogP contribution in [0.2, 0.25) is 0 Å². The first-order valence-corrected chi connectivity index (χ1v) is 6.95. The maximum Gasteiger partial charge on any atom is 0.337 e. The maximum atomic E-state index is 13.2. The zero-order valence-electron chi connectivity index (χ0n) is 9.63. The summed E-state index contributed by atoms with van der Waals surface area (Å²) < 4.78 is 37.9.